The van der Waals surface area contributed by atoms with E-state index >= 15 is 0 Å². The van der Waals surface area contributed by atoms with Gasteiger partial charge >= 0.3 is 0 Å². The highest BCUT2D eigenvalue weighted by Gasteiger charge is 2.10. The first-order chi connectivity index (χ1) is 9.11. The third-order valence-electron chi connectivity index (χ3n) is 2.75. The van der Waals surface area contributed by atoms with Gasteiger partial charge in [0, 0.05) is 13.1 Å². The Morgan fingerprint density at radius 1 is 1.42 bits per heavy atom. The van der Waals surface area contributed by atoms with Crippen molar-refractivity contribution in [2.75, 3.05) is 11.9 Å². The van der Waals surface area contributed by atoms with Crippen molar-refractivity contribution in [2.45, 2.75) is 20.4 Å². The minimum absolute atomic E-state index is 0.603. The molecule has 0 fully saturated rings. The van der Waals surface area contributed by atoms with Crippen LogP contribution in [0, 0.1) is 6.92 Å². The second-order valence-electron chi connectivity index (χ2n) is 4.14. The molecule has 2 rings (SSSR count). The van der Waals surface area contributed by atoms with Gasteiger partial charge in [-0.05, 0) is 19.9 Å². The van der Waals surface area contributed by atoms with E-state index in [0.29, 0.717) is 24.1 Å². The van der Waals surface area contributed by atoms with Gasteiger partial charge in [-0.25, -0.2) is 4.98 Å². The number of anilines is 1. The van der Waals surface area contributed by atoms with Crippen molar-refractivity contribution in [1.82, 2.24) is 14.8 Å². The van der Waals surface area contributed by atoms with Crippen LogP contribution in [0.15, 0.2) is 18.3 Å². The van der Waals surface area contributed by atoms with E-state index in [0.717, 1.165) is 17.1 Å². The molecule has 0 aliphatic rings. The number of nitrogens with one attached hydrogen (secondary N) is 1. The highest BCUT2D eigenvalue weighted by Crippen LogP contribution is 2.20. The lowest BCUT2D eigenvalue weighted by Gasteiger charge is -2.08. The quantitative estimate of drug-likeness (QED) is 0.915. The van der Waals surface area contributed by atoms with Gasteiger partial charge in [-0.15, -0.1) is 0 Å². The van der Waals surface area contributed by atoms with E-state index < -0.39 is 0 Å². The maximum atomic E-state index is 6.19. The van der Waals surface area contributed by atoms with Crippen molar-refractivity contribution < 1.29 is 4.74 Å². The highest BCUT2D eigenvalue weighted by atomic mass is 35.5. The summed E-state index contributed by atoms with van der Waals surface area (Å²) in [7, 11) is 1.88. The Bertz CT molecular complexity index is 551. The zero-order valence-electron chi connectivity index (χ0n) is 11.3. The molecule has 2 aromatic rings. The maximum Gasteiger partial charge on any atom is 0.213 e. The van der Waals surface area contributed by atoms with Gasteiger partial charge in [0.05, 0.1) is 41.4 Å². The van der Waals surface area contributed by atoms with E-state index in [1.54, 1.807) is 10.9 Å². The maximum absolute atomic E-state index is 6.19. The van der Waals surface area contributed by atoms with Crippen LogP contribution in [-0.2, 0) is 13.6 Å². The zero-order valence-corrected chi connectivity index (χ0v) is 12.0. The van der Waals surface area contributed by atoms with E-state index in [-0.39, 0.29) is 0 Å². The molecule has 102 valence electrons. The van der Waals surface area contributed by atoms with Crippen molar-refractivity contribution in [1.29, 1.82) is 0 Å². The van der Waals surface area contributed by atoms with Crippen molar-refractivity contribution in [3.8, 4) is 5.88 Å². The van der Waals surface area contributed by atoms with E-state index in [9.17, 15) is 0 Å². The first-order valence-electron chi connectivity index (χ1n) is 6.12. The fourth-order valence-electron chi connectivity index (χ4n) is 1.78. The number of aryl methyl sites for hydroxylation is 2. The molecule has 0 aliphatic carbocycles. The normalized spacial score (nSPS) is 10.5. The molecule has 1 N–H and O–H groups in total. The van der Waals surface area contributed by atoms with Gasteiger partial charge in [0.2, 0.25) is 5.88 Å². The summed E-state index contributed by atoms with van der Waals surface area (Å²) >= 11 is 6.19. The molecule has 0 aromatic carbocycles. The molecule has 2 aromatic heterocycles. The topological polar surface area (TPSA) is 52.0 Å². The average Bonchev–Trinajstić information content (AvgIpc) is 2.64. The molecule has 0 amide bonds. The molecule has 0 atom stereocenters. The summed E-state index contributed by atoms with van der Waals surface area (Å²) in [5.41, 5.74) is 2.71. The van der Waals surface area contributed by atoms with Gasteiger partial charge in [0.25, 0.3) is 0 Å². The lowest BCUT2D eigenvalue weighted by atomic mass is 10.3. The van der Waals surface area contributed by atoms with Gasteiger partial charge in [0.1, 0.15) is 0 Å². The SMILES string of the molecule is CCOc1ccc(NCc2c(Cl)c(C)nn2C)cn1. The van der Waals surface area contributed by atoms with Crippen molar-refractivity contribution in [3.05, 3.63) is 34.7 Å². The minimum atomic E-state index is 0.603. The highest BCUT2D eigenvalue weighted by molar-refractivity contribution is 6.31. The summed E-state index contributed by atoms with van der Waals surface area (Å²) in [6, 6.07) is 3.76. The van der Waals surface area contributed by atoms with Crippen LogP contribution in [-0.4, -0.2) is 21.4 Å². The van der Waals surface area contributed by atoms with Gasteiger partial charge in [0.15, 0.2) is 0 Å². The predicted octanol–water partition coefficient (Wildman–Crippen LogP) is 2.79. The second kappa shape index (κ2) is 5.93. The van der Waals surface area contributed by atoms with Crippen molar-refractivity contribution in [3.63, 3.8) is 0 Å². The second-order valence-corrected chi connectivity index (χ2v) is 4.52. The molecule has 0 unspecified atom stereocenters. The van der Waals surface area contributed by atoms with Crippen molar-refractivity contribution >= 4 is 17.3 Å². The number of hydrogen-bond acceptors (Lipinski definition) is 4. The first kappa shape index (κ1) is 13.7. The molecular weight excluding hydrogens is 264 g/mol. The summed E-state index contributed by atoms with van der Waals surface area (Å²) in [6.45, 7) is 5.04. The third-order valence-corrected chi connectivity index (χ3v) is 3.24. The van der Waals surface area contributed by atoms with Crippen LogP contribution in [0.3, 0.4) is 0 Å². The monoisotopic (exact) mass is 280 g/mol. The lowest BCUT2D eigenvalue weighted by Crippen LogP contribution is -2.06. The van der Waals surface area contributed by atoms with Gasteiger partial charge < -0.3 is 10.1 Å². The van der Waals surface area contributed by atoms with Crippen LogP contribution in [0.5, 0.6) is 5.88 Å². The Balaban J connectivity index is 2.02. The van der Waals surface area contributed by atoms with Crippen LogP contribution in [0.25, 0.3) is 0 Å². The van der Waals surface area contributed by atoms with Crippen molar-refractivity contribution in [2.24, 2.45) is 7.05 Å². The summed E-state index contributed by atoms with van der Waals surface area (Å²) < 4.78 is 7.08. The van der Waals surface area contributed by atoms with Crippen LogP contribution in [0.1, 0.15) is 18.3 Å². The van der Waals surface area contributed by atoms with Crippen LogP contribution in [0.2, 0.25) is 5.02 Å². The Hall–Kier alpha value is -1.75. The number of ether oxygens (including phenoxy) is 1. The first-order valence-corrected chi connectivity index (χ1v) is 6.50. The van der Waals surface area contributed by atoms with E-state index in [1.165, 1.54) is 0 Å². The van der Waals surface area contributed by atoms with E-state index in [2.05, 4.69) is 15.4 Å². The average molecular weight is 281 g/mol. The zero-order chi connectivity index (χ0) is 13.8. The van der Waals surface area contributed by atoms with E-state index in [1.807, 2.05) is 33.0 Å². The number of pyridine rings is 1. The largest absolute Gasteiger partial charge is 0.478 e. The number of halogens is 1. The van der Waals surface area contributed by atoms with Crippen LogP contribution >= 0.6 is 11.6 Å². The molecular formula is C13H17ClN4O. The number of aromatic nitrogens is 3. The van der Waals surface area contributed by atoms with Gasteiger partial charge in [-0.2, -0.15) is 5.10 Å². The van der Waals surface area contributed by atoms with E-state index in [4.69, 9.17) is 16.3 Å². The molecule has 0 bridgehead atoms. The number of hydrogen-bond donors (Lipinski definition) is 1. The molecule has 0 aliphatic heterocycles. The lowest BCUT2D eigenvalue weighted by molar-refractivity contribution is 0.327. The molecule has 0 saturated carbocycles. The molecule has 6 heteroatoms. The standard InChI is InChI=1S/C13H17ClN4O/c1-4-19-12-6-5-10(7-16-12)15-8-11-13(14)9(2)17-18(11)3/h5-7,15H,4,8H2,1-3H3. The Labute approximate surface area is 117 Å². The molecule has 0 saturated heterocycles. The fraction of sp³-hybridized carbons (Fsp3) is 0.385. The summed E-state index contributed by atoms with van der Waals surface area (Å²) in [6.07, 6.45) is 1.74. The Morgan fingerprint density at radius 2 is 2.21 bits per heavy atom. The molecule has 19 heavy (non-hydrogen) atoms. The van der Waals surface area contributed by atoms with Crippen LogP contribution in [0.4, 0.5) is 5.69 Å². The predicted molar refractivity (Wildman–Crippen MR) is 75.7 cm³/mol. The van der Waals surface area contributed by atoms with Gasteiger partial charge in [-0.3, -0.25) is 4.68 Å². The third kappa shape index (κ3) is 3.17. The molecule has 5 nitrogen and oxygen atoms in total. The summed E-state index contributed by atoms with van der Waals surface area (Å²) in [5.74, 6) is 0.627. The molecule has 2 heterocycles. The molecule has 0 spiro atoms. The summed E-state index contributed by atoms with van der Waals surface area (Å²) in [5, 5.41) is 8.24. The smallest absolute Gasteiger partial charge is 0.213 e. The number of nitrogens with zero attached hydrogens (tertiary/aromatic N) is 3. The van der Waals surface area contributed by atoms with Crippen LogP contribution < -0.4 is 10.1 Å². The molecule has 0 radical (unpaired) electrons. The number of rotatable bonds is 5. The Kier molecular flexibility index (Phi) is 4.27. The fourth-order valence-corrected chi connectivity index (χ4v) is 2.00. The minimum Gasteiger partial charge on any atom is -0.478 e. The Morgan fingerprint density at radius 3 is 2.74 bits per heavy atom. The summed E-state index contributed by atoms with van der Waals surface area (Å²) in [4.78, 5) is 4.19. The van der Waals surface area contributed by atoms with Gasteiger partial charge in [-0.1, -0.05) is 11.6 Å².